The minimum Gasteiger partial charge on any atom is -0.387 e. The molecule has 1 fully saturated rings. The number of rotatable bonds is 5. The molecule has 1 unspecified atom stereocenters. The first-order valence-electron chi connectivity index (χ1n) is 6.73. The van der Waals surface area contributed by atoms with Gasteiger partial charge in [-0.2, -0.15) is 0 Å². The van der Waals surface area contributed by atoms with Crippen LogP contribution in [-0.4, -0.2) is 21.6 Å². The summed E-state index contributed by atoms with van der Waals surface area (Å²) in [5.74, 6) is 2.15. The van der Waals surface area contributed by atoms with Gasteiger partial charge in [-0.25, -0.2) is 9.97 Å². The molecule has 2 aromatic rings. The van der Waals surface area contributed by atoms with Crippen LogP contribution in [0.5, 0.6) is 0 Å². The Balaban J connectivity index is 1.64. The Morgan fingerprint density at radius 2 is 2.10 bits per heavy atom. The van der Waals surface area contributed by atoms with Crippen molar-refractivity contribution in [3.8, 4) is 0 Å². The smallest absolute Gasteiger partial charge is 0.133 e. The van der Waals surface area contributed by atoms with E-state index in [4.69, 9.17) is 11.6 Å². The van der Waals surface area contributed by atoms with Gasteiger partial charge in [0.25, 0.3) is 0 Å². The van der Waals surface area contributed by atoms with Crippen LogP contribution in [0, 0.1) is 0 Å². The van der Waals surface area contributed by atoms with Crippen molar-refractivity contribution in [2.45, 2.75) is 24.9 Å². The molecule has 0 spiro atoms. The van der Waals surface area contributed by atoms with Crippen LogP contribution in [0.15, 0.2) is 36.5 Å². The fraction of sp³-hybridized carbons (Fsp3) is 0.333. The van der Waals surface area contributed by atoms with Crippen molar-refractivity contribution < 1.29 is 5.11 Å². The van der Waals surface area contributed by atoms with Crippen LogP contribution in [0.2, 0.25) is 5.02 Å². The molecule has 1 atom stereocenters. The van der Waals surface area contributed by atoms with Crippen molar-refractivity contribution >= 4 is 17.4 Å². The largest absolute Gasteiger partial charge is 0.387 e. The molecule has 5 heteroatoms. The lowest BCUT2D eigenvalue weighted by molar-refractivity contribution is 0.191. The molecular weight excluding hydrogens is 274 g/mol. The summed E-state index contributed by atoms with van der Waals surface area (Å²) in [7, 11) is 0. The summed E-state index contributed by atoms with van der Waals surface area (Å²) in [6.07, 6.45) is 3.44. The van der Waals surface area contributed by atoms with E-state index in [-0.39, 0.29) is 0 Å². The molecule has 0 amide bonds. The number of benzene rings is 1. The zero-order chi connectivity index (χ0) is 13.9. The molecule has 20 heavy (non-hydrogen) atoms. The van der Waals surface area contributed by atoms with Crippen LogP contribution in [-0.2, 0) is 0 Å². The second-order valence-electron chi connectivity index (χ2n) is 4.99. The van der Waals surface area contributed by atoms with Crippen LogP contribution in [0.25, 0.3) is 0 Å². The summed E-state index contributed by atoms with van der Waals surface area (Å²) in [6.45, 7) is 0.366. The van der Waals surface area contributed by atoms with Crippen molar-refractivity contribution in [1.82, 2.24) is 9.97 Å². The average molecular weight is 290 g/mol. The van der Waals surface area contributed by atoms with Crippen molar-refractivity contribution in [3.05, 3.63) is 52.9 Å². The Morgan fingerprint density at radius 1 is 1.30 bits per heavy atom. The van der Waals surface area contributed by atoms with Gasteiger partial charge in [-0.15, -0.1) is 0 Å². The quantitative estimate of drug-likeness (QED) is 0.888. The molecule has 104 valence electrons. The van der Waals surface area contributed by atoms with E-state index < -0.39 is 6.10 Å². The molecule has 1 aromatic heterocycles. The highest BCUT2D eigenvalue weighted by atomic mass is 35.5. The third kappa shape index (κ3) is 3.08. The normalized spacial score (nSPS) is 15.9. The first-order valence-corrected chi connectivity index (χ1v) is 7.11. The van der Waals surface area contributed by atoms with E-state index in [0.717, 1.165) is 17.2 Å². The molecule has 0 radical (unpaired) electrons. The number of hydrogen-bond donors (Lipinski definition) is 2. The Kier molecular flexibility index (Phi) is 3.85. The van der Waals surface area contributed by atoms with Crippen LogP contribution in [0.1, 0.15) is 36.3 Å². The Morgan fingerprint density at radius 3 is 2.85 bits per heavy atom. The fourth-order valence-electron chi connectivity index (χ4n) is 2.07. The summed E-state index contributed by atoms with van der Waals surface area (Å²) in [6, 6.07) is 9.12. The Hall–Kier alpha value is -1.65. The second kappa shape index (κ2) is 5.77. The Bertz CT molecular complexity index is 601. The van der Waals surface area contributed by atoms with E-state index in [9.17, 15) is 5.11 Å². The zero-order valence-corrected chi connectivity index (χ0v) is 11.7. The van der Waals surface area contributed by atoms with Gasteiger partial charge in [-0.05, 0) is 25.0 Å². The number of aliphatic hydroxyl groups is 1. The van der Waals surface area contributed by atoms with E-state index >= 15 is 0 Å². The van der Waals surface area contributed by atoms with Gasteiger partial charge in [0.1, 0.15) is 11.6 Å². The van der Waals surface area contributed by atoms with Gasteiger partial charge in [-0.3, -0.25) is 0 Å². The number of hydrogen-bond acceptors (Lipinski definition) is 4. The third-order valence-corrected chi connectivity index (χ3v) is 3.70. The number of nitrogens with zero attached hydrogens (tertiary/aromatic N) is 2. The van der Waals surface area contributed by atoms with Crippen LogP contribution >= 0.6 is 11.6 Å². The van der Waals surface area contributed by atoms with E-state index in [0.29, 0.717) is 17.5 Å². The average Bonchev–Trinajstić information content (AvgIpc) is 3.30. The first-order chi connectivity index (χ1) is 9.74. The summed E-state index contributed by atoms with van der Waals surface area (Å²) in [5, 5.41) is 13.9. The second-order valence-corrected chi connectivity index (χ2v) is 5.40. The van der Waals surface area contributed by atoms with E-state index in [1.54, 1.807) is 12.3 Å². The minimum atomic E-state index is -0.664. The molecule has 1 aliphatic rings. The van der Waals surface area contributed by atoms with Crippen molar-refractivity contribution in [2.24, 2.45) is 0 Å². The highest BCUT2D eigenvalue weighted by Gasteiger charge is 2.26. The molecule has 0 bridgehead atoms. The minimum absolute atomic E-state index is 0.366. The predicted molar refractivity (Wildman–Crippen MR) is 78.9 cm³/mol. The molecule has 2 N–H and O–H groups in total. The number of anilines is 1. The van der Waals surface area contributed by atoms with Gasteiger partial charge >= 0.3 is 0 Å². The van der Waals surface area contributed by atoms with E-state index in [1.165, 1.54) is 12.8 Å². The lowest BCUT2D eigenvalue weighted by atomic mass is 10.1. The number of halogens is 1. The van der Waals surface area contributed by atoms with Crippen LogP contribution < -0.4 is 5.32 Å². The molecule has 3 rings (SSSR count). The van der Waals surface area contributed by atoms with Crippen molar-refractivity contribution in [1.29, 1.82) is 0 Å². The molecule has 1 aliphatic carbocycles. The molecule has 4 nitrogen and oxygen atoms in total. The highest BCUT2D eigenvalue weighted by molar-refractivity contribution is 6.31. The van der Waals surface area contributed by atoms with Gasteiger partial charge in [0, 0.05) is 29.2 Å². The maximum Gasteiger partial charge on any atom is 0.133 e. The summed E-state index contributed by atoms with van der Waals surface area (Å²) >= 11 is 6.06. The number of nitrogens with one attached hydrogen (secondary N) is 1. The SMILES string of the molecule is OC(CNc1ccnc(C2CC2)n1)c1ccccc1Cl. The first kappa shape index (κ1) is 13.3. The molecule has 0 aliphatic heterocycles. The summed E-state index contributed by atoms with van der Waals surface area (Å²) < 4.78 is 0. The van der Waals surface area contributed by atoms with Gasteiger partial charge in [0.2, 0.25) is 0 Å². The lowest BCUT2D eigenvalue weighted by Gasteiger charge is -2.14. The summed E-state index contributed by atoms with van der Waals surface area (Å²) in [5.41, 5.74) is 0.720. The van der Waals surface area contributed by atoms with Gasteiger partial charge in [0.05, 0.1) is 6.10 Å². The van der Waals surface area contributed by atoms with Gasteiger partial charge < -0.3 is 10.4 Å². The monoisotopic (exact) mass is 289 g/mol. The van der Waals surface area contributed by atoms with E-state index in [1.807, 2.05) is 24.3 Å². The summed E-state index contributed by atoms with van der Waals surface area (Å²) in [4.78, 5) is 8.72. The van der Waals surface area contributed by atoms with Crippen LogP contribution in [0.3, 0.4) is 0 Å². The van der Waals surface area contributed by atoms with Crippen LogP contribution in [0.4, 0.5) is 5.82 Å². The molecular formula is C15H16ClN3O. The molecule has 1 heterocycles. The Labute approximate surface area is 122 Å². The molecule has 0 saturated heterocycles. The third-order valence-electron chi connectivity index (χ3n) is 3.36. The van der Waals surface area contributed by atoms with Gasteiger partial charge in [-0.1, -0.05) is 29.8 Å². The fourth-order valence-corrected chi connectivity index (χ4v) is 2.33. The maximum atomic E-state index is 10.2. The van der Waals surface area contributed by atoms with Gasteiger partial charge in [0.15, 0.2) is 0 Å². The lowest BCUT2D eigenvalue weighted by Crippen LogP contribution is -2.13. The maximum absolute atomic E-state index is 10.2. The standard InChI is InChI=1S/C15H16ClN3O/c16-12-4-2-1-3-11(12)13(20)9-18-14-7-8-17-15(19-14)10-5-6-10/h1-4,7-8,10,13,20H,5-6,9H2,(H,17,18,19). The number of aromatic nitrogens is 2. The highest BCUT2D eigenvalue weighted by Crippen LogP contribution is 2.38. The van der Waals surface area contributed by atoms with E-state index in [2.05, 4.69) is 15.3 Å². The molecule has 1 aromatic carbocycles. The predicted octanol–water partition coefficient (Wildman–Crippen LogP) is 3.15. The zero-order valence-electron chi connectivity index (χ0n) is 11.0. The number of aliphatic hydroxyl groups excluding tert-OH is 1. The topological polar surface area (TPSA) is 58.0 Å². The van der Waals surface area contributed by atoms with Crippen molar-refractivity contribution in [2.75, 3.05) is 11.9 Å². The molecule has 1 saturated carbocycles. The van der Waals surface area contributed by atoms with Crippen molar-refractivity contribution in [3.63, 3.8) is 0 Å².